The molecule has 0 radical (unpaired) electrons. The standard InChI is InChI=1S/C8H17F3N2O2S/c1-6(16(2,14)15)7(13-12)4-3-5-8(9,10)11/h6-7,13H,3-5,12H2,1-2H3. The summed E-state index contributed by atoms with van der Waals surface area (Å²) in [6.45, 7) is 1.42. The topological polar surface area (TPSA) is 72.2 Å². The minimum absolute atomic E-state index is 0.0737. The Morgan fingerprint density at radius 3 is 2.19 bits per heavy atom. The average Bonchev–Trinajstić information content (AvgIpc) is 2.08. The zero-order chi connectivity index (χ0) is 13.0. The van der Waals surface area contributed by atoms with Crippen LogP contribution in [0, 0.1) is 0 Å². The molecule has 4 nitrogen and oxygen atoms in total. The van der Waals surface area contributed by atoms with E-state index in [0.29, 0.717) is 0 Å². The molecule has 0 heterocycles. The molecule has 2 atom stereocenters. The minimum atomic E-state index is -4.21. The highest BCUT2D eigenvalue weighted by Gasteiger charge is 2.29. The van der Waals surface area contributed by atoms with E-state index in [4.69, 9.17) is 5.84 Å². The molecule has 0 aromatic carbocycles. The Labute approximate surface area is 93.3 Å². The molecule has 3 N–H and O–H groups in total. The van der Waals surface area contributed by atoms with Crippen molar-refractivity contribution < 1.29 is 21.6 Å². The predicted molar refractivity (Wildman–Crippen MR) is 55.3 cm³/mol. The van der Waals surface area contributed by atoms with Crippen molar-refractivity contribution in [1.82, 2.24) is 5.43 Å². The van der Waals surface area contributed by atoms with Gasteiger partial charge in [-0.2, -0.15) is 13.2 Å². The summed E-state index contributed by atoms with van der Waals surface area (Å²) in [7, 11) is -3.30. The molecule has 0 rings (SSSR count). The van der Waals surface area contributed by atoms with Gasteiger partial charge in [0, 0.05) is 18.7 Å². The Kier molecular flexibility index (Phi) is 5.71. The van der Waals surface area contributed by atoms with Crippen molar-refractivity contribution in [3.8, 4) is 0 Å². The zero-order valence-corrected chi connectivity index (χ0v) is 10.0. The van der Waals surface area contributed by atoms with Crippen molar-refractivity contribution in [2.75, 3.05) is 6.26 Å². The van der Waals surface area contributed by atoms with E-state index in [9.17, 15) is 21.6 Å². The Bertz CT molecular complexity index is 303. The molecule has 2 unspecified atom stereocenters. The molecule has 8 heteroatoms. The highest BCUT2D eigenvalue weighted by atomic mass is 32.2. The van der Waals surface area contributed by atoms with Gasteiger partial charge in [-0.15, -0.1) is 0 Å². The fraction of sp³-hybridized carbons (Fsp3) is 1.00. The Morgan fingerprint density at radius 1 is 1.38 bits per heavy atom. The fourth-order valence-corrected chi connectivity index (χ4v) is 2.09. The van der Waals surface area contributed by atoms with E-state index in [1.165, 1.54) is 6.92 Å². The van der Waals surface area contributed by atoms with Crippen LogP contribution in [-0.4, -0.2) is 32.1 Å². The number of nitrogens with one attached hydrogen (secondary N) is 1. The summed E-state index contributed by atoms with van der Waals surface area (Å²) in [5.74, 6) is 5.12. The first-order valence-electron chi connectivity index (χ1n) is 4.79. The Balaban J connectivity index is 4.23. The van der Waals surface area contributed by atoms with Crippen molar-refractivity contribution in [1.29, 1.82) is 0 Å². The highest BCUT2D eigenvalue weighted by Crippen LogP contribution is 2.23. The van der Waals surface area contributed by atoms with Crippen LogP contribution in [0.1, 0.15) is 26.2 Å². The van der Waals surface area contributed by atoms with Crippen LogP contribution in [0.5, 0.6) is 0 Å². The number of halogens is 3. The first kappa shape index (κ1) is 15.7. The van der Waals surface area contributed by atoms with Crippen molar-refractivity contribution >= 4 is 9.84 Å². The van der Waals surface area contributed by atoms with Crippen LogP contribution in [0.3, 0.4) is 0 Å². The molecule has 0 saturated heterocycles. The first-order chi connectivity index (χ1) is 7.08. The molecule has 98 valence electrons. The van der Waals surface area contributed by atoms with Crippen LogP contribution in [-0.2, 0) is 9.84 Å². The van der Waals surface area contributed by atoms with E-state index >= 15 is 0 Å². The number of hydrogen-bond acceptors (Lipinski definition) is 4. The summed E-state index contributed by atoms with van der Waals surface area (Å²) in [5.41, 5.74) is 2.25. The van der Waals surface area contributed by atoms with Gasteiger partial charge in [-0.1, -0.05) is 0 Å². The van der Waals surface area contributed by atoms with E-state index in [1.807, 2.05) is 0 Å². The minimum Gasteiger partial charge on any atom is -0.271 e. The molecule has 0 bridgehead atoms. The van der Waals surface area contributed by atoms with Crippen LogP contribution in [0.2, 0.25) is 0 Å². The molecule has 0 aliphatic carbocycles. The lowest BCUT2D eigenvalue weighted by molar-refractivity contribution is -0.135. The molecule has 0 fully saturated rings. The quantitative estimate of drug-likeness (QED) is 0.553. The van der Waals surface area contributed by atoms with Gasteiger partial charge >= 0.3 is 6.18 Å². The van der Waals surface area contributed by atoms with Crippen LogP contribution >= 0.6 is 0 Å². The summed E-state index contributed by atoms with van der Waals surface area (Å²) >= 11 is 0. The van der Waals surface area contributed by atoms with Gasteiger partial charge in [-0.05, 0) is 19.8 Å². The lowest BCUT2D eigenvalue weighted by Crippen LogP contribution is -2.45. The van der Waals surface area contributed by atoms with Crippen LogP contribution in [0.15, 0.2) is 0 Å². The molecular weight excluding hydrogens is 245 g/mol. The second-order valence-corrected chi connectivity index (χ2v) is 6.22. The molecule has 0 saturated carbocycles. The largest absolute Gasteiger partial charge is 0.389 e. The average molecular weight is 262 g/mol. The highest BCUT2D eigenvalue weighted by molar-refractivity contribution is 7.91. The maximum Gasteiger partial charge on any atom is 0.389 e. The smallest absolute Gasteiger partial charge is 0.271 e. The summed E-state index contributed by atoms with van der Waals surface area (Å²) in [6.07, 6.45) is -4.18. The van der Waals surface area contributed by atoms with E-state index in [-0.39, 0.29) is 12.8 Å². The molecule has 0 aliphatic heterocycles. The van der Waals surface area contributed by atoms with Gasteiger partial charge in [0.2, 0.25) is 0 Å². The van der Waals surface area contributed by atoms with E-state index in [0.717, 1.165) is 6.26 Å². The first-order valence-corrected chi connectivity index (χ1v) is 6.75. The van der Waals surface area contributed by atoms with Gasteiger partial charge in [0.15, 0.2) is 9.84 Å². The lowest BCUT2D eigenvalue weighted by Gasteiger charge is -2.21. The monoisotopic (exact) mass is 262 g/mol. The number of hydrogen-bond donors (Lipinski definition) is 2. The molecular formula is C8H17F3N2O2S. The van der Waals surface area contributed by atoms with Crippen molar-refractivity contribution in [2.45, 2.75) is 43.7 Å². The summed E-state index contributed by atoms with van der Waals surface area (Å²) in [6, 6.07) is -0.655. The second-order valence-electron chi connectivity index (χ2n) is 3.82. The van der Waals surface area contributed by atoms with Gasteiger partial charge in [0.25, 0.3) is 0 Å². The van der Waals surface area contributed by atoms with Crippen molar-refractivity contribution in [3.05, 3.63) is 0 Å². The summed E-state index contributed by atoms with van der Waals surface area (Å²) in [5, 5.41) is -0.800. The maximum absolute atomic E-state index is 11.9. The van der Waals surface area contributed by atoms with Gasteiger partial charge in [0.05, 0.1) is 5.25 Å². The van der Waals surface area contributed by atoms with E-state index in [2.05, 4.69) is 5.43 Å². The number of rotatable bonds is 6. The Morgan fingerprint density at radius 2 is 1.88 bits per heavy atom. The number of sulfone groups is 1. The van der Waals surface area contributed by atoms with Crippen molar-refractivity contribution in [3.63, 3.8) is 0 Å². The number of nitrogens with two attached hydrogens (primary N) is 1. The molecule has 16 heavy (non-hydrogen) atoms. The normalized spacial score (nSPS) is 17.1. The van der Waals surface area contributed by atoms with Crippen LogP contribution in [0.25, 0.3) is 0 Å². The number of hydrazine groups is 1. The van der Waals surface area contributed by atoms with E-state index in [1.54, 1.807) is 0 Å². The summed E-state index contributed by atoms with van der Waals surface area (Å²) in [4.78, 5) is 0. The number of alkyl halides is 3. The van der Waals surface area contributed by atoms with Crippen molar-refractivity contribution in [2.24, 2.45) is 5.84 Å². The third kappa shape index (κ3) is 6.29. The van der Waals surface area contributed by atoms with Gasteiger partial charge in [-0.25, -0.2) is 8.42 Å². The fourth-order valence-electron chi connectivity index (χ4n) is 1.27. The van der Waals surface area contributed by atoms with Gasteiger partial charge < -0.3 is 0 Å². The molecule has 0 aromatic heterocycles. The van der Waals surface area contributed by atoms with Gasteiger partial charge in [0.1, 0.15) is 0 Å². The summed E-state index contributed by atoms with van der Waals surface area (Å²) < 4.78 is 58.0. The SMILES string of the molecule is CC(C(CCCC(F)(F)F)NN)S(C)(=O)=O. The molecule has 0 aliphatic rings. The molecule has 0 amide bonds. The second kappa shape index (κ2) is 5.83. The molecule has 0 aromatic rings. The van der Waals surface area contributed by atoms with Crippen LogP contribution < -0.4 is 11.3 Å². The third-order valence-corrected chi connectivity index (χ3v) is 4.11. The third-order valence-electron chi connectivity index (χ3n) is 2.43. The van der Waals surface area contributed by atoms with Crippen LogP contribution in [0.4, 0.5) is 13.2 Å². The zero-order valence-electron chi connectivity index (χ0n) is 9.21. The molecule has 0 spiro atoms. The lowest BCUT2D eigenvalue weighted by atomic mass is 10.1. The Hall–Kier alpha value is -0.340. The van der Waals surface area contributed by atoms with Gasteiger partial charge in [-0.3, -0.25) is 11.3 Å². The maximum atomic E-state index is 11.9. The predicted octanol–water partition coefficient (Wildman–Crippen LogP) is 0.984. The van der Waals surface area contributed by atoms with E-state index < -0.39 is 33.7 Å².